The van der Waals surface area contributed by atoms with E-state index in [-0.39, 0.29) is 12.5 Å². The number of benzene rings is 3. The Morgan fingerprint density at radius 2 is 1.77 bits per heavy atom. The number of imidazole rings is 1. The van der Waals surface area contributed by atoms with Gasteiger partial charge in [0.1, 0.15) is 18.2 Å². The third kappa shape index (κ3) is 4.97. The van der Waals surface area contributed by atoms with E-state index in [0.717, 1.165) is 16.6 Å². The molecule has 0 bridgehead atoms. The lowest BCUT2D eigenvalue weighted by atomic mass is 10.2. The second kappa shape index (κ2) is 8.98. The molecule has 2 N–H and O–H groups in total. The largest absolute Gasteiger partial charge is 0.486 e. The van der Waals surface area contributed by atoms with Crippen LogP contribution >= 0.6 is 23.2 Å². The molecule has 1 heterocycles. The summed E-state index contributed by atoms with van der Waals surface area (Å²) in [5.41, 5.74) is 5.46. The third-order valence-corrected chi connectivity index (χ3v) is 4.72. The number of carbonyl (C=O) groups excluding carboxylic acids is 1. The summed E-state index contributed by atoms with van der Waals surface area (Å²) in [6, 6.07) is 19.3. The van der Waals surface area contributed by atoms with Gasteiger partial charge in [0.05, 0.1) is 17.2 Å². The molecule has 6 nitrogen and oxygen atoms in total. The molecule has 0 aliphatic heterocycles. The highest BCUT2D eigenvalue weighted by Crippen LogP contribution is 2.19. The second-order valence-corrected chi connectivity index (χ2v) is 7.28. The molecule has 0 saturated carbocycles. The number of carbonyl (C=O) groups is 1. The summed E-state index contributed by atoms with van der Waals surface area (Å²) >= 11 is 11.8. The van der Waals surface area contributed by atoms with E-state index in [4.69, 9.17) is 27.9 Å². The molecule has 0 atom stereocenters. The molecule has 0 radical (unpaired) electrons. The number of aromatic nitrogens is 2. The summed E-state index contributed by atoms with van der Waals surface area (Å²) < 4.78 is 5.74. The molecule has 0 fully saturated rings. The van der Waals surface area contributed by atoms with Gasteiger partial charge in [0.15, 0.2) is 0 Å². The van der Waals surface area contributed by atoms with Crippen molar-refractivity contribution in [2.45, 2.75) is 6.61 Å². The maximum absolute atomic E-state index is 12.2. The Balaban J connectivity index is 1.32. The lowest BCUT2D eigenvalue weighted by Crippen LogP contribution is -2.17. The molecule has 4 rings (SSSR count). The number of aromatic amines is 1. The number of amides is 1. The second-order valence-electron chi connectivity index (χ2n) is 6.41. The normalized spacial score (nSPS) is 11.1. The van der Waals surface area contributed by atoms with Crippen LogP contribution in [0.1, 0.15) is 21.7 Å². The molecule has 150 valence electrons. The molecule has 0 spiro atoms. The first-order valence-corrected chi connectivity index (χ1v) is 9.78. The van der Waals surface area contributed by atoms with Gasteiger partial charge in [-0.1, -0.05) is 35.3 Å². The van der Waals surface area contributed by atoms with Gasteiger partial charge in [0.2, 0.25) is 0 Å². The molecule has 30 heavy (non-hydrogen) atoms. The molecule has 1 aromatic heterocycles. The van der Waals surface area contributed by atoms with Crippen LogP contribution in [-0.2, 0) is 6.61 Å². The average molecular weight is 439 g/mol. The third-order valence-electron chi connectivity index (χ3n) is 4.23. The van der Waals surface area contributed by atoms with Gasteiger partial charge in [0, 0.05) is 15.6 Å². The monoisotopic (exact) mass is 438 g/mol. The highest BCUT2D eigenvalue weighted by atomic mass is 35.5. The van der Waals surface area contributed by atoms with Gasteiger partial charge in [0.25, 0.3) is 5.91 Å². The highest BCUT2D eigenvalue weighted by molar-refractivity contribution is 6.31. The van der Waals surface area contributed by atoms with Crippen molar-refractivity contribution < 1.29 is 9.53 Å². The zero-order valence-electron chi connectivity index (χ0n) is 15.6. The van der Waals surface area contributed by atoms with Crippen molar-refractivity contribution >= 4 is 46.4 Å². The minimum Gasteiger partial charge on any atom is -0.486 e. The van der Waals surface area contributed by atoms with Crippen molar-refractivity contribution in [3.63, 3.8) is 0 Å². The topological polar surface area (TPSA) is 79.4 Å². The Kier molecular flexibility index (Phi) is 5.97. The van der Waals surface area contributed by atoms with Crippen LogP contribution in [0.25, 0.3) is 11.0 Å². The SMILES string of the molecule is O=C(N/N=C/c1ccc(Cl)cc1)c1ccc(OCc2nc3ccc(Cl)cc3[nH]2)cc1. The van der Waals surface area contributed by atoms with E-state index < -0.39 is 0 Å². The molecule has 8 heteroatoms. The Morgan fingerprint density at radius 1 is 1.03 bits per heavy atom. The maximum atomic E-state index is 12.2. The van der Waals surface area contributed by atoms with Crippen molar-refractivity contribution in [1.82, 2.24) is 15.4 Å². The zero-order valence-corrected chi connectivity index (χ0v) is 17.1. The van der Waals surface area contributed by atoms with Gasteiger partial charge in [-0.3, -0.25) is 4.79 Å². The van der Waals surface area contributed by atoms with Crippen LogP contribution in [-0.4, -0.2) is 22.1 Å². The van der Waals surface area contributed by atoms with E-state index in [9.17, 15) is 4.79 Å². The molecule has 0 saturated heterocycles. The van der Waals surface area contributed by atoms with Crippen LogP contribution in [0.5, 0.6) is 5.75 Å². The van der Waals surface area contributed by atoms with E-state index in [2.05, 4.69) is 20.5 Å². The summed E-state index contributed by atoms with van der Waals surface area (Å²) in [6.45, 7) is 0.267. The smallest absolute Gasteiger partial charge is 0.271 e. The summed E-state index contributed by atoms with van der Waals surface area (Å²) in [5.74, 6) is 0.987. The van der Waals surface area contributed by atoms with Crippen molar-refractivity contribution in [3.05, 3.63) is 93.7 Å². The van der Waals surface area contributed by atoms with E-state index in [0.29, 0.717) is 27.2 Å². The molecule has 0 aliphatic rings. The predicted octanol–water partition coefficient (Wildman–Crippen LogP) is 5.21. The molecular formula is C22H16Cl2N4O2. The minimum atomic E-state index is -0.319. The van der Waals surface area contributed by atoms with Crippen LogP contribution in [0.3, 0.4) is 0 Å². The lowest BCUT2D eigenvalue weighted by Gasteiger charge is -2.05. The van der Waals surface area contributed by atoms with Gasteiger partial charge in [-0.05, 0) is 60.2 Å². The first-order chi connectivity index (χ1) is 14.6. The minimum absolute atomic E-state index is 0.267. The Morgan fingerprint density at radius 3 is 2.53 bits per heavy atom. The van der Waals surface area contributed by atoms with Gasteiger partial charge < -0.3 is 9.72 Å². The number of rotatable bonds is 6. The van der Waals surface area contributed by atoms with Crippen molar-refractivity contribution in [1.29, 1.82) is 0 Å². The van der Waals surface area contributed by atoms with E-state index in [1.165, 1.54) is 0 Å². The fraction of sp³-hybridized carbons (Fsp3) is 0.0455. The highest BCUT2D eigenvalue weighted by Gasteiger charge is 2.07. The Bertz CT molecular complexity index is 1200. The lowest BCUT2D eigenvalue weighted by molar-refractivity contribution is 0.0955. The fourth-order valence-corrected chi connectivity index (χ4v) is 3.03. The summed E-state index contributed by atoms with van der Waals surface area (Å²) in [6.07, 6.45) is 1.55. The molecule has 3 aromatic carbocycles. The summed E-state index contributed by atoms with van der Waals surface area (Å²) in [4.78, 5) is 19.8. The quantitative estimate of drug-likeness (QED) is 0.320. The molecular weight excluding hydrogens is 423 g/mol. The molecule has 0 unspecified atom stereocenters. The predicted molar refractivity (Wildman–Crippen MR) is 118 cm³/mol. The first-order valence-electron chi connectivity index (χ1n) is 9.03. The number of halogens is 2. The Hall–Kier alpha value is -3.35. The zero-order chi connectivity index (χ0) is 20.9. The summed E-state index contributed by atoms with van der Waals surface area (Å²) in [5, 5.41) is 5.24. The average Bonchev–Trinajstić information content (AvgIpc) is 3.16. The van der Waals surface area contributed by atoms with Gasteiger partial charge in [-0.25, -0.2) is 10.4 Å². The fourth-order valence-electron chi connectivity index (χ4n) is 2.74. The number of fused-ring (bicyclic) bond motifs is 1. The van der Waals surface area contributed by atoms with Crippen LogP contribution in [0.4, 0.5) is 0 Å². The van der Waals surface area contributed by atoms with Crippen molar-refractivity contribution in [3.8, 4) is 5.75 Å². The molecule has 1 amide bonds. The number of H-pyrrole nitrogens is 1. The van der Waals surface area contributed by atoms with Crippen LogP contribution in [0, 0.1) is 0 Å². The van der Waals surface area contributed by atoms with E-state index in [1.807, 2.05) is 12.1 Å². The number of nitrogens with zero attached hydrogens (tertiary/aromatic N) is 2. The molecule has 0 aliphatic carbocycles. The van der Waals surface area contributed by atoms with E-state index >= 15 is 0 Å². The van der Waals surface area contributed by atoms with E-state index in [1.54, 1.807) is 60.8 Å². The standard InChI is InChI=1S/C22H16Cl2N4O2/c23-16-5-1-14(2-6-16)12-25-28-22(29)15-3-8-18(9-4-15)30-13-21-26-19-10-7-17(24)11-20(19)27-21/h1-12H,13H2,(H,26,27)(H,28,29)/b25-12+. The van der Waals surface area contributed by atoms with Crippen molar-refractivity contribution in [2.75, 3.05) is 0 Å². The van der Waals surface area contributed by atoms with Crippen molar-refractivity contribution in [2.24, 2.45) is 5.10 Å². The Labute approximate surface area is 182 Å². The summed E-state index contributed by atoms with van der Waals surface area (Å²) in [7, 11) is 0. The number of hydrazone groups is 1. The number of hydrogen-bond donors (Lipinski definition) is 2. The van der Waals surface area contributed by atoms with Crippen LogP contribution in [0.2, 0.25) is 10.0 Å². The van der Waals surface area contributed by atoms with Gasteiger partial charge >= 0.3 is 0 Å². The first kappa shape index (κ1) is 19.9. The number of ether oxygens (including phenoxy) is 1. The number of nitrogens with one attached hydrogen (secondary N) is 2. The van der Waals surface area contributed by atoms with Gasteiger partial charge in [-0.15, -0.1) is 0 Å². The number of hydrogen-bond acceptors (Lipinski definition) is 4. The maximum Gasteiger partial charge on any atom is 0.271 e. The molecule has 4 aromatic rings. The van der Waals surface area contributed by atoms with Gasteiger partial charge in [-0.2, -0.15) is 5.10 Å². The van der Waals surface area contributed by atoms with Crippen LogP contribution < -0.4 is 10.2 Å². The van der Waals surface area contributed by atoms with Crippen LogP contribution in [0.15, 0.2) is 71.8 Å².